The molecular weight excluding hydrogens is 737 g/mol. The van der Waals surface area contributed by atoms with Crippen molar-refractivity contribution in [1.82, 2.24) is 4.98 Å². The zero-order chi connectivity index (χ0) is 38.6. The number of rotatable bonds is 4. The Hall–Kier alpha value is -7.53. The molecule has 2 aromatic heterocycles. The van der Waals surface area contributed by atoms with E-state index in [1.807, 2.05) is 0 Å². The Morgan fingerprint density at radius 3 is 1.69 bits per heavy atom. The number of aromatic nitrogens is 1. The third-order valence-electron chi connectivity index (χ3n) is 12.2. The van der Waals surface area contributed by atoms with Crippen molar-refractivity contribution in [2.75, 3.05) is 4.90 Å². The smallest absolute Gasteiger partial charge is 0.143 e. The van der Waals surface area contributed by atoms with Gasteiger partial charge in [0.15, 0.2) is 0 Å². The van der Waals surface area contributed by atoms with Crippen molar-refractivity contribution in [2.24, 2.45) is 0 Å². The fourth-order valence-corrected chi connectivity index (χ4v) is 10.6. The summed E-state index contributed by atoms with van der Waals surface area (Å²) < 4.78 is 7.99. The highest BCUT2D eigenvalue weighted by molar-refractivity contribution is 7.22. The van der Waals surface area contributed by atoms with Gasteiger partial charge in [0.05, 0.1) is 10.2 Å². The number of hydrogen-bond acceptors (Lipinski definition) is 4. The Kier molecular flexibility index (Phi) is 6.89. The van der Waals surface area contributed by atoms with E-state index in [1.54, 1.807) is 11.3 Å². The van der Waals surface area contributed by atoms with Crippen molar-refractivity contribution >= 4 is 125 Å². The maximum absolute atomic E-state index is 6.79. The molecule has 13 rings (SSSR count). The summed E-state index contributed by atoms with van der Waals surface area (Å²) in [6, 6.07) is 70.4. The molecule has 2 heterocycles. The lowest BCUT2D eigenvalue weighted by Crippen LogP contribution is -2.10. The fourth-order valence-electron chi connectivity index (χ4n) is 9.47. The largest absolute Gasteiger partial charge is 0.455 e. The van der Waals surface area contributed by atoms with Crippen LogP contribution in [-0.4, -0.2) is 4.98 Å². The van der Waals surface area contributed by atoms with Crippen molar-refractivity contribution in [3.05, 3.63) is 194 Å². The summed E-state index contributed by atoms with van der Waals surface area (Å²) in [4.78, 5) is 7.53. The minimum atomic E-state index is 0.863. The number of fused-ring (bicyclic) bond motifs is 16. The van der Waals surface area contributed by atoms with E-state index in [-0.39, 0.29) is 0 Å². The summed E-state index contributed by atoms with van der Waals surface area (Å²) in [5.41, 5.74) is 7.12. The molecule has 3 nitrogen and oxygen atoms in total. The van der Waals surface area contributed by atoms with Crippen molar-refractivity contribution < 1.29 is 4.42 Å². The van der Waals surface area contributed by atoms with Crippen LogP contribution in [0, 0.1) is 0 Å². The Labute approximate surface area is 342 Å². The highest BCUT2D eigenvalue weighted by Gasteiger charge is 2.20. The van der Waals surface area contributed by atoms with E-state index in [0.29, 0.717) is 0 Å². The lowest BCUT2D eigenvalue weighted by Gasteiger charge is -2.27. The van der Waals surface area contributed by atoms with Crippen LogP contribution < -0.4 is 4.90 Å². The van der Waals surface area contributed by atoms with Crippen LogP contribution in [0.4, 0.5) is 17.1 Å². The Morgan fingerprint density at radius 1 is 0.390 bits per heavy atom. The average Bonchev–Trinajstić information content (AvgIpc) is 3.92. The summed E-state index contributed by atoms with van der Waals surface area (Å²) in [5, 5.41) is 17.9. The van der Waals surface area contributed by atoms with E-state index in [9.17, 15) is 0 Å². The quantitative estimate of drug-likeness (QED) is 0.167. The highest BCUT2D eigenvalue weighted by Crippen LogP contribution is 2.45. The van der Waals surface area contributed by atoms with Crippen LogP contribution in [0.15, 0.2) is 199 Å². The fraction of sp³-hybridized carbons (Fsp3) is 0. The molecule has 0 aliphatic rings. The summed E-state index contributed by atoms with van der Waals surface area (Å²) in [7, 11) is 0. The van der Waals surface area contributed by atoms with Crippen LogP contribution in [0.5, 0.6) is 0 Å². The van der Waals surface area contributed by atoms with Gasteiger partial charge in [-0.15, -0.1) is 11.3 Å². The molecule has 11 aromatic carbocycles. The third kappa shape index (κ3) is 4.91. The molecule has 0 saturated heterocycles. The van der Waals surface area contributed by atoms with Gasteiger partial charge in [-0.25, -0.2) is 4.98 Å². The molecule has 59 heavy (non-hydrogen) atoms. The number of furan rings is 1. The van der Waals surface area contributed by atoms with Gasteiger partial charge in [-0.3, -0.25) is 0 Å². The van der Waals surface area contributed by atoms with Crippen LogP contribution in [0.2, 0.25) is 0 Å². The average molecular weight is 769 g/mol. The molecule has 0 radical (unpaired) electrons. The number of nitrogens with zero attached hydrogens (tertiary/aromatic N) is 2. The lowest BCUT2D eigenvalue weighted by molar-refractivity contribution is 0.672. The first-order chi connectivity index (χ1) is 29.2. The standard InChI is InChI=1S/C55H32N2OS/c1-2-11-36(12-3-1)55-56-50-29-22-35-19-18-34-20-23-37(30-48(34)52(35)54(50)59-55)57(39-25-28-46-47-26-21-33-10-4-5-13-40(33)53(47)58-51(46)32-39)38-24-27-45-43-16-7-6-14-41(43)42-15-8-9-17-44(42)49(45)31-38/h1-32H. The number of anilines is 3. The molecule has 0 N–H and O–H groups in total. The monoisotopic (exact) mass is 768 g/mol. The Morgan fingerprint density at radius 2 is 0.915 bits per heavy atom. The molecule has 13 aromatic rings. The van der Waals surface area contributed by atoms with Gasteiger partial charge in [-0.1, -0.05) is 140 Å². The molecule has 0 atom stereocenters. The molecule has 0 saturated carbocycles. The van der Waals surface area contributed by atoms with Crippen molar-refractivity contribution in [3.8, 4) is 10.6 Å². The van der Waals surface area contributed by atoms with E-state index < -0.39 is 0 Å². The first-order valence-electron chi connectivity index (χ1n) is 20.0. The molecule has 0 spiro atoms. The predicted octanol–water partition coefficient (Wildman–Crippen LogP) is 16.3. The van der Waals surface area contributed by atoms with Gasteiger partial charge >= 0.3 is 0 Å². The van der Waals surface area contributed by atoms with E-state index in [2.05, 4.69) is 199 Å². The maximum Gasteiger partial charge on any atom is 0.143 e. The van der Waals surface area contributed by atoms with Crippen LogP contribution in [-0.2, 0) is 0 Å². The van der Waals surface area contributed by atoms with E-state index in [4.69, 9.17) is 9.40 Å². The molecular formula is C55H32N2OS. The first-order valence-corrected chi connectivity index (χ1v) is 20.8. The van der Waals surface area contributed by atoms with E-state index in [1.165, 1.54) is 63.9 Å². The van der Waals surface area contributed by atoms with E-state index >= 15 is 0 Å². The van der Waals surface area contributed by atoms with Gasteiger partial charge < -0.3 is 9.32 Å². The normalized spacial score (nSPS) is 12.1. The molecule has 0 aliphatic heterocycles. The van der Waals surface area contributed by atoms with Crippen LogP contribution >= 0.6 is 11.3 Å². The summed E-state index contributed by atoms with van der Waals surface area (Å²) in [5.74, 6) is 0. The predicted molar refractivity (Wildman–Crippen MR) is 252 cm³/mol. The molecule has 0 amide bonds. The van der Waals surface area contributed by atoms with Gasteiger partial charge in [-0.05, 0) is 102 Å². The highest BCUT2D eigenvalue weighted by atomic mass is 32.1. The SMILES string of the molecule is c1ccc(-c2nc3ccc4ccc5ccc(N(c6ccc7c(c6)oc6c8ccccc8ccc76)c6ccc7c8ccccc8c8ccccc8c7c6)cc5c4c3s2)cc1. The van der Waals surface area contributed by atoms with Crippen molar-refractivity contribution in [2.45, 2.75) is 0 Å². The van der Waals surface area contributed by atoms with Gasteiger partial charge in [-0.2, -0.15) is 0 Å². The minimum Gasteiger partial charge on any atom is -0.455 e. The van der Waals surface area contributed by atoms with Crippen LogP contribution in [0.25, 0.3) is 107 Å². The maximum atomic E-state index is 6.79. The summed E-state index contributed by atoms with van der Waals surface area (Å²) >= 11 is 1.77. The topological polar surface area (TPSA) is 29.3 Å². The third-order valence-corrected chi connectivity index (χ3v) is 13.3. The Bertz CT molecular complexity index is 3830. The minimum absolute atomic E-state index is 0.863. The zero-order valence-corrected chi connectivity index (χ0v) is 32.5. The zero-order valence-electron chi connectivity index (χ0n) is 31.7. The number of hydrogen-bond donors (Lipinski definition) is 0. The van der Waals surface area contributed by atoms with Gasteiger partial charge in [0.25, 0.3) is 0 Å². The molecule has 4 heteroatoms. The molecule has 0 fully saturated rings. The van der Waals surface area contributed by atoms with Crippen molar-refractivity contribution in [1.29, 1.82) is 0 Å². The first kappa shape index (κ1) is 32.5. The molecule has 0 bridgehead atoms. The molecule has 274 valence electrons. The van der Waals surface area contributed by atoms with Crippen LogP contribution in [0.3, 0.4) is 0 Å². The van der Waals surface area contributed by atoms with Crippen LogP contribution in [0.1, 0.15) is 0 Å². The van der Waals surface area contributed by atoms with E-state index in [0.717, 1.165) is 60.5 Å². The van der Waals surface area contributed by atoms with Gasteiger partial charge in [0.1, 0.15) is 16.2 Å². The second kappa shape index (κ2) is 12.5. The summed E-state index contributed by atoms with van der Waals surface area (Å²) in [6.45, 7) is 0. The second-order valence-corrected chi connectivity index (χ2v) is 16.5. The van der Waals surface area contributed by atoms with Gasteiger partial charge in [0.2, 0.25) is 0 Å². The second-order valence-electron chi connectivity index (χ2n) is 15.5. The number of benzene rings is 11. The van der Waals surface area contributed by atoms with Gasteiger partial charge in [0, 0.05) is 50.2 Å². The van der Waals surface area contributed by atoms with Crippen molar-refractivity contribution in [3.63, 3.8) is 0 Å². The molecule has 0 aliphatic carbocycles. The summed E-state index contributed by atoms with van der Waals surface area (Å²) in [6.07, 6.45) is 0. The Balaban J connectivity index is 1.08. The molecule has 0 unspecified atom stereocenters. The lowest BCUT2D eigenvalue weighted by atomic mass is 9.94. The number of thiazole rings is 1.